The summed E-state index contributed by atoms with van der Waals surface area (Å²) >= 11 is 0. The molecular formula is C17H22N2O. The highest BCUT2D eigenvalue weighted by molar-refractivity contribution is 5.84. The van der Waals surface area contributed by atoms with Gasteiger partial charge in [0.2, 0.25) is 5.91 Å². The summed E-state index contributed by atoms with van der Waals surface area (Å²) in [6.07, 6.45) is 6.23. The number of nitrogens with one attached hydrogen (secondary N) is 2. The van der Waals surface area contributed by atoms with Gasteiger partial charge in [0, 0.05) is 12.6 Å². The van der Waals surface area contributed by atoms with E-state index in [1.54, 1.807) is 0 Å². The van der Waals surface area contributed by atoms with Gasteiger partial charge >= 0.3 is 0 Å². The summed E-state index contributed by atoms with van der Waals surface area (Å²) in [6.45, 7) is 0.895. The van der Waals surface area contributed by atoms with Crippen LogP contribution >= 0.6 is 0 Å². The van der Waals surface area contributed by atoms with Crippen molar-refractivity contribution < 1.29 is 4.79 Å². The molecule has 1 aromatic rings. The van der Waals surface area contributed by atoms with Crippen LogP contribution in [0.25, 0.3) is 0 Å². The quantitative estimate of drug-likeness (QED) is 0.880. The van der Waals surface area contributed by atoms with Crippen LogP contribution in [-0.2, 0) is 11.2 Å². The van der Waals surface area contributed by atoms with E-state index in [1.165, 1.54) is 36.8 Å². The van der Waals surface area contributed by atoms with Crippen molar-refractivity contribution in [1.29, 1.82) is 0 Å². The molecule has 1 amide bonds. The first kappa shape index (κ1) is 12.4. The molecule has 1 aromatic carbocycles. The summed E-state index contributed by atoms with van der Waals surface area (Å²) in [4.78, 5) is 12.7. The van der Waals surface area contributed by atoms with E-state index in [4.69, 9.17) is 0 Å². The third-order valence-corrected chi connectivity index (χ3v) is 4.94. The Morgan fingerprint density at radius 3 is 2.55 bits per heavy atom. The fourth-order valence-electron chi connectivity index (χ4n) is 3.52. The standard InChI is InChI=1S/C17H22N2O/c20-17(19-15(12-5-6-12)13-7-8-13)16-14-4-2-1-3-11(14)9-10-18-16/h1-4,12-13,15-16,18H,5-10H2,(H,19,20). The molecule has 3 heteroatoms. The molecule has 1 atom stereocenters. The number of benzene rings is 1. The van der Waals surface area contributed by atoms with Gasteiger partial charge in [-0.3, -0.25) is 4.79 Å². The van der Waals surface area contributed by atoms with Gasteiger partial charge in [-0.25, -0.2) is 0 Å². The number of hydrogen-bond donors (Lipinski definition) is 2. The van der Waals surface area contributed by atoms with E-state index in [9.17, 15) is 4.79 Å². The monoisotopic (exact) mass is 270 g/mol. The minimum Gasteiger partial charge on any atom is -0.351 e. The van der Waals surface area contributed by atoms with E-state index >= 15 is 0 Å². The topological polar surface area (TPSA) is 41.1 Å². The van der Waals surface area contributed by atoms with Crippen molar-refractivity contribution >= 4 is 5.91 Å². The predicted octanol–water partition coefficient (Wildman–Crippen LogP) is 2.18. The smallest absolute Gasteiger partial charge is 0.241 e. The fourth-order valence-corrected chi connectivity index (χ4v) is 3.52. The van der Waals surface area contributed by atoms with E-state index in [-0.39, 0.29) is 11.9 Å². The van der Waals surface area contributed by atoms with Crippen LogP contribution in [0.4, 0.5) is 0 Å². The lowest BCUT2D eigenvalue weighted by molar-refractivity contribution is -0.124. The van der Waals surface area contributed by atoms with Crippen molar-refractivity contribution in [3.63, 3.8) is 0 Å². The molecule has 1 heterocycles. The molecule has 3 aliphatic rings. The fraction of sp³-hybridized carbons (Fsp3) is 0.588. The van der Waals surface area contributed by atoms with Gasteiger partial charge in [-0.2, -0.15) is 0 Å². The van der Waals surface area contributed by atoms with Crippen LogP contribution in [0.3, 0.4) is 0 Å². The SMILES string of the molecule is O=C(NC(C1CC1)C1CC1)C1NCCc2ccccc21. The van der Waals surface area contributed by atoms with Gasteiger partial charge in [-0.15, -0.1) is 0 Å². The van der Waals surface area contributed by atoms with Gasteiger partial charge in [-0.05, 0) is 55.1 Å². The molecule has 0 saturated heterocycles. The summed E-state index contributed by atoms with van der Waals surface area (Å²) < 4.78 is 0. The maximum atomic E-state index is 12.7. The number of rotatable bonds is 4. The van der Waals surface area contributed by atoms with Crippen LogP contribution in [0.15, 0.2) is 24.3 Å². The number of fused-ring (bicyclic) bond motifs is 1. The second-order valence-electron chi connectivity index (χ2n) is 6.55. The molecule has 2 aliphatic carbocycles. The third kappa shape index (κ3) is 2.35. The summed E-state index contributed by atoms with van der Waals surface area (Å²) in [5.41, 5.74) is 2.49. The number of hydrogen-bond acceptors (Lipinski definition) is 2. The average Bonchev–Trinajstić information content (AvgIpc) is 3.37. The Bertz CT molecular complexity index is 507. The zero-order chi connectivity index (χ0) is 13.5. The maximum absolute atomic E-state index is 12.7. The lowest BCUT2D eigenvalue weighted by Gasteiger charge is -2.28. The molecule has 0 spiro atoms. The molecule has 2 saturated carbocycles. The van der Waals surface area contributed by atoms with Gasteiger partial charge in [0.05, 0.1) is 0 Å². The van der Waals surface area contributed by atoms with Crippen molar-refractivity contribution in [1.82, 2.24) is 10.6 Å². The molecule has 2 N–H and O–H groups in total. The molecule has 0 radical (unpaired) electrons. The lowest BCUT2D eigenvalue weighted by Crippen LogP contribution is -2.46. The van der Waals surface area contributed by atoms with Crippen molar-refractivity contribution in [3.05, 3.63) is 35.4 Å². The van der Waals surface area contributed by atoms with E-state index in [2.05, 4.69) is 28.8 Å². The normalized spacial score (nSPS) is 25.4. The van der Waals surface area contributed by atoms with Crippen LogP contribution in [0, 0.1) is 11.8 Å². The first-order valence-corrected chi connectivity index (χ1v) is 7.94. The van der Waals surface area contributed by atoms with E-state index in [0.717, 1.165) is 24.8 Å². The van der Waals surface area contributed by atoms with Crippen LogP contribution in [-0.4, -0.2) is 18.5 Å². The van der Waals surface area contributed by atoms with Gasteiger partial charge < -0.3 is 10.6 Å². The van der Waals surface area contributed by atoms with Crippen LogP contribution in [0.5, 0.6) is 0 Å². The summed E-state index contributed by atoms with van der Waals surface area (Å²) in [6, 6.07) is 8.63. The van der Waals surface area contributed by atoms with E-state index in [0.29, 0.717) is 6.04 Å². The molecule has 0 bridgehead atoms. The van der Waals surface area contributed by atoms with Gasteiger partial charge in [-0.1, -0.05) is 24.3 Å². The lowest BCUT2D eigenvalue weighted by atomic mass is 9.93. The predicted molar refractivity (Wildman–Crippen MR) is 78.3 cm³/mol. The Labute approximate surface area is 120 Å². The largest absolute Gasteiger partial charge is 0.351 e. The highest BCUT2D eigenvalue weighted by Gasteiger charge is 2.43. The van der Waals surface area contributed by atoms with Gasteiger partial charge in [0.1, 0.15) is 6.04 Å². The number of amides is 1. The first-order chi connectivity index (χ1) is 9.83. The highest BCUT2D eigenvalue weighted by atomic mass is 16.2. The maximum Gasteiger partial charge on any atom is 0.241 e. The minimum absolute atomic E-state index is 0.153. The average molecular weight is 270 g/mol. The molecule has 1 unspecified atom stereocenters. The Hall–Kier alpha value is -1.35. The van der Waals surface area contributed by atoms with E-state index < -0.39 is 0 Å². The van der Waals surface area contributed by atoms with Gasteiger partial charge in [0.15, 0.2) is 0 Å². The van der Waals surface area contributed by atoms with Crippen LogP contribution < -0.4 is 10.6 Å². The molecule has 20 heavy (non-hydrogen) atoms. The summed E-state index contributed by atoms with van der Waals surface area (Å²) in [5.74, 6) is 1.69. The Morgan fingerprint density at radius 1 is 1.15 bits per heavy atom. The zero-order valence-electron chi connectivity index (χ0n) is 11.8. The van der Waals surface area contributed by atoms with Crippen LogP contribution in [0.1, 0.15) is 42.9 Å². The van der Waals surface area contributed by atoms with Crippen molar-refractivity contribution in [3.8, 4) is 0 Å². The highest BCUT2D eigenvalue weighted by Crippen LogP contribution is 2.44. The molecule has 2 fully saturated rings. The van der Waals surface area contributed by atoms with Crippen molar-refractivity contribution in [2.24, 2.45) is 11.8 Å². The summed E-state index contributed by atoms with van der Waals surface area (Å²) in [7, 11) is 0. The molecule has 1 aliphatic heterocycles. The van der Waals surface area contributed by atoms with Gasteiger partial charge in [0.25, 0.3) is 0 Å². The van der Waals surface area contributed by atoms with Crippen molar-refractivity contribution in [2.45, 2.75) is 44.2 Å². The molecular weight excluding hydrogens is 248 g/mol. The van der Waals surface area contributed by atoms with E-state index in [1.807, 2.05) is 6.07 Å². The minimum atomic E-state index is -0.153. The molecule has 3 nitrogen and oxygen atoms in total. The Balaban J connectivity index is 1.51. The molecule has 106 valence electrons. The first-order valence-electron chi connectivity index (χ1n) is 7.94. The van der Waals surface area contributed by atoms with Crippen molar-refractivity contribution in [2.75, 3.05) is 6.54 Å². The Kier molecular flexibility index (Phi) is 3.03. The second-order valence-corrected chi connectivity index (χ2v) is 6.55. The second kappa shape index (κ2) is 4.88. The number of carbonyl (C=O) groups excluding carboxylic acids is 1. The Morgan fingerprint density at radius 2 is 1.85 bits per heavy atom. The molecule has 4 rings (SSSR count). The summed E-state index contributed by atoms with van der Waals surface area (Å²) in [5, 5.41) is 6.74. The third-order valence-electron chi connectivity index (χ3n) is 4.94. The number of carbonyl (C=O) groups is 1. The zero-order valence-corrected chi connectivity index (χ0v) is 11.8. The molecule has 0 aromatic heterocycles. The van der Waals surface area contributed by atoms with Crippen LogP contribution in [0.2, 0.25) is 0 Å².